The first-order valence-corrected chi connectivity index (χ1v) is 7.08. The van der Waals surface area contributed by atoms with Crippen molar-refractivity contribution in [2.45, 2.75) is 25.8 Å². The molecule has 1 aliphatic heterocycles. The summed E-state index contributed by atoms with van der Waals surface area (Å²) in [5.74, 6) is -1.02. The van der Waals surface area contributed by atoms with Crippen molar-refractivity contribution in [1.82, 2.24) is 4.90 Å². The zero-order chi connectivity index (χ0) is 13.3. The van der Waals surface area contributed by atoms with E-state index >= 15 is 0 Å². The van der Waals surface area contributed by atoms with E-state index in [1.165, 1.54) is 11.3 Å². The average molecular weight is 288 g/mol. The Balaban J connectivity index is 2.28. The van der Waals surface area contributed by atoms with Crippen LogP contribution in [0.2, 0.25) is 0 Å². The Labute approximate surface area is 114 Å². The molecule has 4 nitrogen and oxygen atoms in total. The Morgan fingerprint density at radius 2 is 2.33 bits per heavy atom. The largest absolute Gasteiger partial charge is 0.478 e. The Hall–Kier alpha value is -1.07. The Bertz CT molecular complexity index is 486. The molecule has 1 unspecified atom stereocenters. The lowest BCUT2D eigenvalue weighted by atomic mass is 10.1. The maximum Gasteiger partial charge on any atom is 0.336 e. The molecular weight excluding hydrogens is 274 g/mol. The molecule has 6 heteroatoms. The van der Waals surface area contributed by atoms with E-state index < -0.39 is 5.97 Å². The summed E-state index contributed by atoms with van der Waals surface area (Å²) in [6.07, 6.45) is 1.81. The van der Waals surface area contributed by atoms with Crippen LogP contribution in [0.4, 0.5) is 0 Å². The highest BCUT2D eigenvalue weighted by Crippen LogP contribution is 2.37. The van der Waals surface area contributed by atoms with Crippen molar-refractivity contribution in [2.24, 2.45) is 0 Å². The van der Waals surface area contributed by atoms with Gasteiger partial charge in [-0.25, -0.2) is 4.79 Å². The van der Waals surface area contributed by atoms with Crippen LogP contribution in [0.3, 0.4) is 0 Å². The number of carbonyl (C=O) groups excluding carboxylic acids is 1. The fourth-order valence-electron chi connectivity index (χ4n) is 2.32. The number of thiophene rings is 1. The van der Waals surface area contributed by atoms with Gasteiger partial charge in [0.15, 0.2) is 0 Å². The van der Waals surface area contributed by atoms with Gasteiger partial charge in [0.25, 0.3) is 0 Å². The first kappa shape index (κ1) is 13.4. The smallest absolute Gasteiger partial charge is 0.336 e. The normalized spacial score (nSPS) is 19.2. The van der Waals surface area contributed by atoms with Gasteiger partial charge in [0, 0.05) is 16.3 Å². The number of likely N-dealkylation sites (tertiary alicyclic amines) is 1. The fourth-order valence-corrected chi connectivity index (χ4v) is 3.64. The molecule has 0 spiro atoms. The Morgan fingerprint density at radius 3 is 2.89 bits per heavy atom. The van der Waals surface area contributed by atoms with Crippen LogP contribution in [0, 0.1) is 6.92 Å². The molecule has 0 bridgehead atoms. The molecule has 1 amide bonds. The number of hydrogen-bond acceptors (Lipinski definition) is 3. The van der Waals surface area contributed by atoms with E-state index in [2.05, 4.69) is 0 Å². The van der Waals surface area contributed by atoms with Gasteiger partial charge in [-0.05, 0) is 25.8 Å². The van der Waals surface area contributed by atoms with E-state index in [9.17, 15) is 9.59 Å². The molecule has 0 aromatic carbocycles. The van der Waals surface area contributed by atoms with Crippen LogP contribution in [0.25, 0.3) is 0 Å². The number of nitrogens with zero attached hydrogens (tertiary/aromatic N) is 1. The van der Waals surface area contributed by atoms with Gasteiger partial charge in [-0.15, -0.1) is 22.9 Å². The third-order valence-electron chi connectivity index (χ3n) is 3.18. The van der Waals surface area contributed by atoms with Gasteiger partial charge in [-0.2, -0.15) is 0 Å². The van der Waals surface area contributed by atoms with Crippen LogP contribution < -0.4 is 0 Å². The molecule has 98 valence electrons. The summed E-state index contributed by atoms with van der Waals surface area (Å²) >= 11 is 7.04. The highest BCUT2D eigenvalue weighted by Gasteiger charge is 2.31. The topological polar surface area (TPSA) is 57.6 Å². The molecule has 1 aromatic heterocycles. The summed E-state index contributed by atoms with van der Waals surface area (Å²) in [7, 11) is 0. The highest BCUT2D eigenvalue weighted by molar-refractivity contribution is 7.12. The van der Waals surface area contributed by atoms with Gasteiger partial charge in [-0.1, -0.05) is 0 Å². The van der Waals surface area contributed by atoms with Gasteiger partial charge in [-0.3, -0.25) is 4.79 Å². The monoisotopic (exact) mass is 287 g/mol. The summed E-state index contributed by atoms with van der Waals surface area (Å²) in [5.41, 5.74) is 0.333. The zero-order valence-corrected chi connectivity index (χ0v) is 11.6. The van der Waals surface area contributed by atoms with Crippen LogP contribution >= 0.6 is 22.9 Å². The molecule has 2 heterocycles. The van der Waals surface area contributed by atoms with E-state index in [0.717, 1.165) is 22.6 Å². The predicted octanol–water partition coefficient (Wildman–Crippen LogP) is 2.66. The van der Waals surface area contributed by atoms with E-state index in [0.29, 0.717) is 12.1 Å². The molecule has 18 heavy (non-hydrogen) atoms. The van der Waals surface area contributed by atoms with Gasteiger partial charge in [0.05, 0.1) is 11.6 Å². The van der Waals surface area contributed by atoms with Crippen molar-refractivity contribution < 1.29 is 14.7 Å². The molecule has 1 fully saturated rings. The van der Waals surface area contributed by atoms with E-state index in [1.54, 1.807) is 17.9 Å². The standard InChI is InChI=1S/C12H14ClNO3S/c1-7-8(12(16)17)5-10(18-7)9-3-2-4-14(9)11(15)6-13/h5,9H,2-4,6H2,1H3,(H,16,17). The van der Waals surface area contributed by atoms with Crippen LogP contribution in [0.5, 0.6) is 0 Å². The highest BCUT2D eigenvalue weighted by atomic mass is 35.5. The number of halogens is 1. The molecule has 1 aromatic rings. The molecule has 0 saturated carbocycles. The predicted molar refractivity (Wildman–Crippen MR) is 70.4 cm³/mol. The number of hydrogen-bond donors (Lipinski definition) is 1. The summed E-state index contributed by atoms with van der Waals surface area (Å²) in [4.78, 5) is 26.2. The number of rotatable bonds is 3. The van der Waals surface area contributed by atoms with E-state index in [-0.39, 0.29) is 17.8 Å². The Kier molecular flexibility index (Phi) is 3.92. The maximum atomic E-state index is 11.7. The van der Waals surface area contributed by atoms with Crippen LogP contribution in [0.1, 0.15) is 39.0 Å². The van der Waals surface area contributed by atoms with Crippen LogP contribution in [-0.4, -0.2) is 34.3 Å². The SMILES string of the molecule is Cc1sc(C2CCCN2C(=O)CCl)cc1C(=O)O. The number of carboxylic acid groups (broad SMARTS) is 1. The number of amides is 1. The molecule has 1 atom stereocenters. The molecular formula is C12H14ClNO3S. The molecule has 1 N–H and O–H groups in total. The Morgan fingerprint density at radius 1 is 1.61 bits per heavy atom. The lowest BCUT2D eigenvalue weighted by Crippen LogP contribution is -2.31. The summed E-state index contributed by atoms with van der Waals surface area (Å²) in [6.45, 7) is 2.50. The number of aromatic carboxylic acids is 1. The van der Waals surface area contributed by atoms with Crippen LogP contribution in [0.15, 0.2) is 6.07 Å². The van der Waals surface area contributed by atoms with Crippen molar-refractivity contribution in [3.05, 3.63) is 21.4 Å². The lowest BCUT2D eigenvalue weighted by Gasteiger charge is -2.22. The molecule has 2 rings (SSSR count). The van der Waals surface area contributed by atoms with Gasteiger partial charge < -0.3 is 10.0 Å². The first-order chi connectivity index (χ1) is 8.54. The molecule has 1 aliphatic rings. The van der Waals surface area contributed by atoms with Gasteiger partial charge >= 0.3 is 5.97 Å². The quantitative estimate of drug-likeness (QED) is 0.870. The minimum atomic E-state index is -0.914. The molecule has 0 radical (unpaired) electrons. The average Bonchev–Trinajstić information content (AvgIpc) is 2.93. The minimum absolute atomic E-state index is 0.00644. The van der Waals surface area contributed by atoms with Gasteiger partial charge in [0.1, 0.15) is 5.88 Å². The molecule has 0 aliphatic carbocycles. The maximum absolute atomic E-state index is 11.7. The number of aryl methyl sites for hydroxylation is 1. The van der Waals surface area contributed by atoms with Crippen molar-refractivity contribution in [1.29, 1.82) is 0 Å². The van der Waals surface area contributed by atoms with E-state index in [4.69, 9.17) is 16.7 Å². The van der Waals surface area contributed by atoms with Crippen molar-refractivity contribution >= 4 is 34.8 Å². The second-order valence-corrected chi connectivity index (χ2v) is 5.86. The second-order valence-electron chi connectivity index (χ2n) is 4.30. The number of carbonyl (C=O) groups is 2. The number of carboxylic acids is 1. The lowest BCUT2D eigenvalue weighted by molar-refractivity contribution is -0.129. The third kappa shape index (κ3) is 2.37. The second kappa shape index (κ2) is 5.28. The van der Waals surface area contributed by atoms with Crippen LogP contribution in [-0.2, 0) is 4.79 Å². The zero-order valence-electron chi connectivity index (χ0n) is 9.98. The van der Waals surface area contributed by atoms with Crippen molar-refractivity contribution in [3.63, 3.8) is 0 Å². The fraction of sp³-hybridized carbons (Fsp3) is 0.500. The summed E-state index contributed by atoms with van der Waals surface area (Å²) in [6, 6.07) is 1.68. The minimum Gasteiger partial charge on any atom is -0.478 e. The van der Waals surface area contributed by atoms with Crippen molar-refractivity contribution in [2.75, 3.05) is 12.4 Å². The van der Waals surface area contributed by atoms with Gasteiger partial charge in [0.2, 0.25) is 5.91 Å². The van der Waals surface area contributed by atoms with E-state index in [1.807, 2.05) is 0 Å². The molecule has 1 saturated heterocycles. The summed E-state index contributed by atoms with van der Waals surface area (Å²) < 4.78 is 0. The summed E-state index contributed by atoms with van der Waals surface area (Å²) in [5, 5.41) is 9.05. The van der Waals surface area contributed by atoms with Crippen molar-refractivity contribution in [3.8, 4) is 0 Å². The number of alkyl halides is 1. The first-order valence-electron chi connectivity index (χ1n) is 5.73. The third-order valence-corrected chi connectivity index (χ3v) is 4.56.